The number of benzene rings is 3. The normalized spacial score (nSPS) is 21.8. The van der Waals surface area contributed by atoms with Crippen LogP contribution in [0.1, 0.15) is 52.7 Å². The maximum Gasteiger partial charge on any atom is 0.201 e. The molecule has 5 heteroatoms. The van der Waals surface area contributed by atoms with Crippen molar-refractivity contribution in [2.75, 3.05) is 5.32 Å². The molecule has 2 N–H and O–H groups in total. The first kappa shape index (κ1) is 23.7. The summed E-state index contributed by atoms with van der Waals surface area (Å²) in [5, 5.41) is 17.7. The molecule has 4 nitrogen and oxygen atoms in total. The number of ketones is 1. The Morgan fingerprint density at radius 3 is 2.41 bits per heavy atom. The van der Waals surface area contributed by atoms with E-state index in [0.29, 0.717) is 16.2 Å². The van der Waals surface area contributed by atoms with Crippen molar-refractivity contribution in [2.45, 2.75) is 52.4 Å². The van der Waals surface area contributed by atoms with Crippen LogP contribution < -0.4 is 5.32 Å². The first-order chi connectivity index (χ1) is 17.4. The van der Waals surface area contributed by atoms with Gasteiger partial charge in [-0.3, -0.25) is 9.79 Å². The molecule has 0 aromatic heterocycles. The maximum atomic E-state index is 13.6. The zero-order valence-corrected chi connectivity index (χ0v) is 22.6. The Morgan fingerprint density at radius 1 is 0.946 bits per heavy atom. The Hall–Kier alpha value is -3.63. The zero-order valence-electron chi connectivity index (χ0n) is 21.9. The van der Waals surface area contributed by atoms with Crippen molar-refractivity contribution in [3.05, 3.63) is 104 Å². The average molecular weight is 509 g/mol. The van der Waals surface area contributed by atoms with Crippen molar-refractivity contribution in [2.24, 2.45) is 4.99 Å². The molecular formula is C32H29ClN2O2. The van der Waals surface area contributed by atoms with E-state index in [1.165, 1.54) is 0 Å². The largest absolute Gasteiger partial charge is 0.506 e. The van der Waals surface area contributed by atoms with Crippen LogP contribution >= 0.6 is 11.6 Å². The lowest BCUT2D eigenvalue weighted by Gasteiger charge is -2.30. The molecule has 0 saturated carbocycles. The Morgan fingerprint density at radius 2 is 1.68 bits per heavy atom. The summed E-state index contributed by atoms with van der Waals surface area (Å²) < 4.78 is 0. The molecule has 0 unspecified atom stereocenters. The molecule has 0 spiro atoms. The van der Waals surface area contributed by atoms with E-state index in [9.17, 15) is 9.90 Å². The third-order valence-electron chi connectivity index (χ3n) is 8.30. The summed E-state index contributed by atoms with van der Waals surface area (Å²) in [5.74, 6) is -0.107. The molecule has 3 aromatic rings. The molecule has 0 fully saturated rings. The maximum absolute atomic E-state index is 13.6. The van der Waals surface area contributed by atoms with E-state index in [4.69, 9.17) is 16.6 Å². The van der Waals surface area contributed by atoms with Crippen molar-refractivity contribution in [1.82, 2.24) is 0 Å². The number of halogens is 1. The molecule has 2 heterocycles. The number of Topliss-reactive ketones (excluding diaryl/α,β-unsaturated/α-hetero) is 1. The van der Waals surface area contributed by atoms with Crippen LogP contribution in [-0.4, -0.2) is 16.6 Å². The van der Waals surface area contributed by atoms with Gasteiger partial charge in [0.05, 0.1) is 22.5 Å². The second kappa shape index (κ2) is 7.69. The van der Waals surface area contributed by atoms with Crippen molar-refractivity contribution in [1.29, 1.82) is 0 Å². The van der Waals surface area contributed by atoms with Gasteiger partial charge in [-0.05, 0) is 71.2 Å². The topological polar surface area (TPSA) is 61.7 Å². The van der Waals surface area contributed by atoms with Crippen LogP contribution in [0, 0.1) is 0 Å². The second-order valence-corrected chi connectivity index (χ2v) is 11.7. The number of aliphatic imine (C=N–C) groups is 1. The number of aliphatic hydroxyl groups is 1. The number of rotatable bonds is 2. The molecule has 37 heavy (non-hydrogen) atoms. The van der Waals surface area contributed by atoms with Gasteiger partial charge in [-0.15, -0.1) is 0 Å². The molecule has 0 radical (unpaired) electrons. The number of anilines is 1. The molecule has 1 aliphatic carbocycles. The Bertz CT molecular complexity index is 1700. The second-order valence-electron chi connectivity index (χ2n) is 11.3. The van der Waals surface area contributed by atoms with Gasteiger partial charge >= 0.3 is 0 Å². The smallest absolute Gasteiger partial charge is 0.201 e. The van der Waals surface area contributed by atoms with Crippen LogP contribution in [0.5, 0.6) is 0 Å². The van der Waals surface area contributed by atoms with E-state index < -0.39 is 5.41 Å². The van der Waals surface area contributed by atoms with Gasteiger partial charge in [0.1, 0.15) is 5.76 Å². The molecule has 0 bridgehead atoms. The van der Waals surface area contributed by atoms with Crippen molar-refractivity contribution < 1.29 is 9.90 Å². The summed E-state index contributed by atoms with van der Waals surface area (Å²) in [6.45, 7) is 12.3. The summed E-state index contributed by atoms with van der Waals surface area (Å²) >= 11 is 6.27. The fourth-order valence-electron chi connectivity index (χ4n) is 6.41. The lowest BCUT2D eigenvalue weighted by Crippen LogP contribution is -2.33. The van der Waals surface area contributed by atoms with Crippen molar-refractivity contribution >= 4 is 45.2 Å². The van der Waals surface area contributed by atoms with Crippen LogP contribution in [0.3, 0.4) is 0 Å². The van der Waals surface area contributed by atoms with E-state index in [1.807, 2.05) is 50.2 Å². The van der Waals surface area contributed by atoms with E-state index in [-0.39, 0.29) is 17.0 Å². The molecule has 2 aliphatic heterocycles. The zero-order chi connectivity index (χ0) is 26.4. The number of fused-ring (bicyclic) bond motifs is 4. The highest BCUT2D eigenvalue weighted by molar-refractivity contribution is 6.31. The monoisotopic (exact) mass is 508 g/mol. The minimum absolute atomic E-state index is 0.0402. The van der Waals surface area contributed by atoms with E-state index >= 15 is 0 Å². The molecule has 0 amide bonds. The summed E-state index contributed by atoms with van der Waals surface area (Å²) in [7, 11) is 0. The number of nitrogens with one attached hydrogen (secondary N) is 1. The van der Waals surface area contributed by atoms with Crippen LogP contribution in [0.2, 0.25) is 5.02 Å². The minimum Gasteiger partial charge on any atom is -0.506 e. The number of nitrogens with zero attached hydrogens (tertiary/aromatic N) is 1. The quantitative estimate of drug-likeness (QED) is 0.342. The lowest BCUT2D eigenvalue weighted by atomic mass is 9.72. The number of carbonyl (C=O) groups is 1. The molecule has 186 valence electrons. The molecule has 0 saturated heterocycles. The highest BCUT2D eigenvalue weighted by atomic mass is 35.5. The fourth-order valence-corrected chi connectivity index (χ4v) is 6.59. The number of carbonyl (C=O) groups excluding carboxylic acids is 1. The molecule has 3 aliphatic rings. The van der Waals surface area contributed by atoms with Gasteiger partial charge in [-0.1, -0.05) is 69.6 Å². The van der Waals surface area contributed by atoms with Crippen LogP contribution in [0.25, 0.3) is 10.8 Å². The van der Waals surface area contributed by atoms with Gasteiger partial charge in [0.15, 0.2) is 0 Å². The van der Waals surface area contributed by atoms with Crippen LogP contribution in [0.15, 0.2) is 93.3 Å². The third kappa shape index (κ3) is 3.15. The third-order valence-corrected chi connectivity index (χ3v) is 8.54. The lowest BCUT2D eigenvalue weighted by molar-refractivity contribution is -0.113. The summed E-state index contributed by atoms with van der Waals surface area (Å²) in [5.41, 5.74) is 7.23. The van der Waals surface area contributed by atoms with Crippen molar-refractivity contribution in [3.8, 4) is 0 Å². The van der Waals surface area contributed by atoms with Gasteiger partial charge < -0.3 is 10.4 Å². The SMILES string of the molecule is C/C(C1=Nc2ccc3ccccc3c2C1(C)C)=C1\C(=O)C(C(/C)=C2/Nc3ccc(Cl)cc3C2(C)C)=C1O. The summed E-state index contributed by atoms with van der Waals surface area (Å²) in [4.78, 5) is 18.6. The standard InChI is InChI=1S/C32H29ClN2O2/c1-16(29-31(3,4)21-15-19(33)12-14-22(21)34-29)24-27(36)25(28(24)37)17(2)30-32(5,6)26-20-10-8-7-9-18(20)11-13-23(26)35-30/h7-15,34,36H,1-6H3/b25-17+,29-16+. The first-order valence-electron chi connectivity index (χ1n) is 12.5. The van der Waals surface area contributed by atoms with E-state index in [0.717, 1.165) is 55.8 Å². The number of hydrogen-bond donors (Lipinski definition) is 2. The highest BCUT2D eigenvalue weighted by Gasteiger charge is 2.45. The first-order valence-corrected chi connectivity index (χ1v) is 12.9. The minimum atomic E-state index is -0.410. The number of hydrogen-bond acceptors (Lipinski definition) is 4. The highest BCUT2D eigenvalue weighted by Crippen LogP contribution is 2.50. The fraction of sp³-hybridized carbons (Fsp3) is 0.250. The summed E-state index contributed by atoms with van der Waals surface area (Å²) in [6.07, 6.45) is 0. The van der Waals surface area contributed by atoms with Crippen LogP contribution in [0.4, 0.5) is 11.4 Å². The number of allylic oxidation sites excluding steroid dienone is 5. The molecule has 3 aromatic carbocycles. The van der Waals surface area contributed by atoms with Crippen molar-refractivity contribution in [3.63, 3.8) is 0 Å². The van der Waals surface area contributed by atoms with E-state index in [1.54, 1.807) is 0 Å². The Kier molecular flexibility index (Phi) is 4.93. The van der Waals surface area contributed by atoms with Gasteiger partial charge in [-0.2, -0.15) is 0 Å². The van der Waals surface area contributed by atoms with E-state index in [2.05, 4.69) is 51.2 Å². The molecule has 6 rings (SSSR count). The van der Waals surface area contributed by atoms with Gasteiger partial charge in [0, 0.05) is 27.2 Å². The van der Waals surface area contributed by atoms with Gasteiger partial charge in [0.2, 0.25) is 5.78 Å². The van der Waals surface area contributed by atoms with Gasteiger partial charge in [-0.25, -0.2) is 0 Å². The predicted octanol–water partition coefficient (Wildman–Crippen LogP) is 8.25. The summed E-state index contributed by atoms with van der Waals surface area (Å²) in [6, 6.07) is 18.2. The predicted molar refractivity (Wildman–Crippen MR) is 152 cm³/mol. The Balaban J connectivity index is 1.43. The number of aliphatic hydroxyl groups excluding tert-OH is 1. The molecular weight excluding hydrogens is 480 g/mol. The molecule has 0 atom stereocenters. The van der Waals surface area contributed by atoms with Crippen LogP contribution in [-0.2, 0) is 15.6 Å². The van der Waals surface area contributed by atoms with Gasteiger partial charge in [0.25, 0.3) is 0 Å². The average Bonchev–Trinajstić information content (AvgIpc) is 3.28. The Labute approximate surface area is 222 Å².